The highest BCUT2D eigenvalue weighted by molar-refractivity contribution is 9.09. The minimum atomic E-state index is -0.172. The SMILES string of the molecule is CC(CBr)NC(=O)c1ccncn1. The number of hydrogen-bond acceptors (Lipinski definition) is 3. The molecule has 0 spiro atoms. The van der Waals surface area contributed by atoms with Crippen molar-refractivity contribution < 1.29 is 4.79 Å². The lowest BCUT2D eigenvalue weighted by molar-refractivity contribution is 0.0938. The maximum atomic E-state index is 11.4. The predicted molar refractivity (Wildman–Crippen MR) is 52.8 cm³/mol. The van der Waals surface area contributed by atoms with Crippen molar-refractivity contribution in [3.63, 3.8) is 0 Å². The van der Waals surface area contributed by atoms with E-state index >= 15 is 0 Å². The summed E-state index contributed by atoms with van der Waals surface area (Å²) in [6.07, 6.45) is 2.90. The third kappa shape index (κ3) is 3.10. The van der Waals surface area contributed by atoms with Gasteiger partial charge in [0.25, 0.3) is 5.91 Å². The Morgan fingerprint density at radius 3 is 3.08 bits per heavy atom. The van der Waals surface area contributed by atoms with Gasteiger partial charge in [0, 0.05) is 17.6 Å². The first-order valence-corrected chi connectivity index (χ1v) is 4.99. The maximum Gasteiger partial charge on any atom is 0.270 e. The second-order valence-corrected chi connectivity index (χ2v) is 3.27. The zero-order valence-electron chi connectivity index (χ0n) is 7.20. The van der Waals surface area contributed by atoms with Gasteiger partial charge in [-0.2, -0.15) is 0 Å². The van der Waals surface area contributed by atoms with Crippen LogP contribution in [-0.2, 0) is 0 Å². The van der Waals surface area contributed by atoms with Gasteiger partial charge in [-0.05, 0) is 13.0 Å². The van der Waals surface area contributed by atoms with Gasteiger partial charge in [0.1, 0.15) is 12.0 Å². The monoisotopic (exact) mass is 243 g/mol. The molecule has 70 valence electrons. The maximum absolute atomic E-state index is 11.4. The van der Waals surface area contributed by atoms with E-state index in [1.807, 2.05) is 6.92 Å². The largest absolute Gasteiger partial charge is 0.347 e. The Balaban J connectivity index is 2.59. The quantitative estimate of drug-likeness (QED) is 0.806. The number of aromatic nitrogens is 2. The molecular weight excluding hydrogens is 234 g/mol. The summed E-state index contributed by atoms with van der Waals surface area (Å²) in [5.74, 6) is -0.172. The fourth-order valence-electron chi connectivity index (χ4n) is 0.761. The van der Waals surface area contributed by atoms with E-state index in [1.54, 1.807) is 12.3 Å². The lowest BCUT2D eigenvalue weighted by Gasteiger charge is -2.09. The highest BCUT2D eigenvalue weighted by Crippen LogP contribution is 1.94. The molecule has 1 amide bonds. The summed E-state index contributed by atoms with van der Waals surface area (Å²) in [5.41, 5.74) is 0.391. The standard InChI is InChI=1S/C8H10BrN3O/c1-6(4-9)12-8(13)7-2-3-10-5-11-7/h2-3,5-6H,4H2,1H3,(H,12,13). The molecule has 1 aromatic heterocycles. The molecule has 0 saturated carbocycles. The van der Waals surface area contributed by atoms with Crippen molar-refractivity contribution >= 4 is 21.8 Å². The second kappa shape index (κ2) is 4.91. The van der Waals surface area contributed by atoms with Crippen molar-refractivity contribution in [1.82, 2.24) is 15.3 Å². The fourth-order valence-corrected chi connectivity index (χ4v) is 0.923. The molecule has 13 heavy (non-hydrogen) atoms. The number of hydrogen-bond donors (Lipinski definition) is 1. The number of nitrogens with one attached hydrogen (secondary N) is 1. The predicted octanol–water partition coefficient (Wildman–Crippen LogP) is 0.990. The van der Waals surface area contributed by atoms with Crippen LogP contribution in [0.25, 0.3) is 0 Å². The van der Waals surface area contributed by atoms with Crippen molar-refractivity contribution in [1.29, 1.82) is 0 Å². The van der Waals surface area contributed by atoms with Crippen LogP contribution in [0.2, 0.25) is 0 Å². The zero-order valence-corrected chi connectivity index (χ0v) is 8.78. The van der Waals surface area contributed by atoms with E-state index in [4.69, 9.17) is 0 Å². The third-order valence-corrected chi connectivity index (χ3v) is 2.39. The minimum absolute atomic E-state index is 0.0995. The molecular formula is C8H10BrN3O. The van der Waals surface area contributed by atoms with Crippen LogP contribution >= 0.6 is 15.9 Å². The molecule has 1 atom stereocenters. The van der Waals surface area contributed by atoms with E-state index in [0.717, 1.165) is 5.33 Å². The van der Waals surface area contributed by atoms with Crippen molar-refractivity contribution in [2.24, 2.45) is 0 Å². The average molecular weight is 244 g/mol. The number of carbonyl (C=O) groups is 1. The Morgan fingerprint density at radius 1 is 1.77 bits per heavy atom. The van der Waals surface area contributed by atoms with Crippen molar-refractivity contribution in [2.45, 2.75) is 13.0 Å². The number of rotatable bonds is 3. The molecule has 0 fully saturated rings. The molecule has 0 aliphatic heterocycles. The topological polar surface area (TPSA) is 54.9 Å². The van der Waals surface area contributed by atoms with Crippen LogP contribution in [0.1, 0.15) is 17.4 Å². The fraction of sp³-hybridized carbons (Fsp3) is 0.375. The molecule has 5 heteroatoms. The van der Waals surface area contributed by atoms with E-state index in [1.165, 1.54) is 6.33 Å². The molecule has 0 bridgehead atoms. The lowest BCUT2D eigenvalue weighted by Crippen LogP contribution is -2.34. The minimum Gasteiger partial charge on any atom is -0.347 e. The summed E-state index contributed by atoms with van der Waals surface area (Å²) in [5, 5.41) is 3.50. The number of amides is 1. The van der Waals surface area contributed by atoms with E-state index in [2.05, 4.69) is 31.2 Å². The highest BCUT2D eigenvalue weighted by atomic mass is 79.9. The van der Waals surface area contributed by atoms with E-state index in [9.17, 15) is 4.79 Å². The van der Waals surface area contributed by atoms with Gasteiger partial charge in [-0.1, -0.05) is 15.9 Å². The number of nitrogens with zero attached hydrogens (tertiary/aromatic N) is 2. The molecule has 1 unspecified atom stereocenters. The Kier molecular flexibility index (Phi) is 3.82. The van der Waals surface area contributed by atoms with Crippen molar-refractivity contribution in [2.75, 3.05) is 5.33 Å². The summed E-state index contributed by atoms with van der Waals surface area (Å²) in [6.45, 7) is 1.91. The first kappa shape index (κ1) is 10.1. The molecule has 1 heterocycles. The van der Waals surface area contributed by atoms with Gasteiger partial charge in [-0.25, -0.2) is 9.97 Å². The number of halogens is 1. The molecule has 0 aliphatic carbocycles. The average Bonchev–Trinajstić information content (AvgIpc) is 2.19. The van der Waals surface area contributed by atoms with Gasteiger partial charge in [-0.3, -0.25) is 4.79 Å². The first-order chi connectivity index (χ1) is 6.24. The smallest absolute Gasteiger partial charge is 0.270 e. The van der Waals surface area contributed by atoms with Gasteiger partial charge < -0.3 is 5.32 Å². The molecule has 1 rings (SSSR count). The molecule has 1 aromatic rings. The zero-order chi connectivity index (χ0) is 9.68. The van der Waals surface area contributed by atoms with Crippen LogP contribution in [0.5, 0.6) is 0 Å². The van der Waals surface area contributed by atoms with E-state index in [0.29, 0.717) is 5.69 Å². The van der Waals surface area contributed by atoms with Gasteiger partial charge in [0.15, 0.2) is 0 Å². The molecule has 0 aliphatic rings. The van der Waals surface area contributed by atoms with Crippen LogP contribution < -0.4 is 5.32 Å². The van der Waals surface area contributed by atoms with Crippen LogP contribution in [0.4, 0.5) is 0 Å². The second-order valence-electron chi connectivity index (χ2n) is 2.62. The van der Waals surface area contributed by atoms with Gasteiger partial charge in [0.05, 0.1) is 0 Å². The summed E-state index contributed by atoms with van der Waals surface area (Å²) in [6, 6.07) is 1.68. The van der Waals surface area contributed by atoms with Gasteiger partial charge >= 0.3 is 0 Å². The number of alkyl halides is 1. The van der Waals surface area contributed by atoms with E-state index in [-0.39, 0.29) is 11.9 Å². The van der Waals surface area contributed by atoms with Gasteiger partial charge in [-0.15, -0.1) is 0 Å². The lowest BCUT2D eigenvalue weighted by atomic mass is 10.3. The van der Waals surface area contributed by atoms with Crippen molar-refractivity contribution in [3.8, 4) is 0 Å². The molecule has 4 nitrogen and oxygen atoms in total. The Hall–Kier alpha value is -0.970. The summed E-state index contributed by atoms with van der Waals surface area (Å²) < 4.78 is 0. The third-order valence-electron chi connectivity index (χ3n) is 1.42. The Morgan fingerprint density at radius 2 is 2.54 bits per heavy atom. The van der Waals surface area contributed by atoms with Crippen LogP contribution in [0.3, 0.4) is 0 Å². The highest BCUT2D eigenvalue weighted by Gasteiger charge is 2.08. The van der Waals surface area contributed by atoms with Crippen molar-refractivity contribution in [3.05, 3.63) is 24.3 Å². The van der Waals surface area contributed by atoms with Crippen LogP contribution in [-0.4, -0.2) is 27.2 Å². The molecule has 0 saturated heterocycles. The van der Waals surface area contributed by atoms with Crippen LogP contribution in [0, 0.1) is 0 Å². The van der Waals surface area contributed by atoms with Crippen LogP contribution in [0.15, 0.2) is 18.6 Å². The summed E-state index contributed by atoms with van der Waals surface area (Å²) >= 11 is 3.27. The van der Waals surface area contributed by atoms with E-state index < -0.39 is 0 Å². The summed E-state index contributed by atoms with van der Waals surface area (Å²) in [4.78, 5) is 18.9. The van der Waals surface area contributed by atoms with Gasteiger partial charge in [0.2, 0.25) is 0 Å². The number of carbonyl (C=O) groups excluding carboxylic acids is 1. The molecule has 1 N–H and O–H groups in total. The first-order valence-electron chi connectivity index (χ1n) is 3.87. The Bertz CT molecular complexity index is 278. The molecule has 0 aromatic carbocycles. The Labute approximate surface area is 84.9 Å². The summed E-state index contributed by atoms with van der Waals surface area (Å²) in [7, 11) is 0. The molecule has 0 radical (unpaired) electrons. The normalized spacial score (nSPS) is 12.2.